The highest BCUT2D eigenvalue weighted by Gasteiger charge is 2.18. The molecule has 7 heteroatoms. The van der Waals surface area contributed by atoms with Gasteiger partial charge in [-0.1, -0.05) is 40.8 Å². The van der Waals surface area contributed by atoms with E-state index in [9.17, 15) is 9.18 Å². The third-order valence-corrected chi connectivity index (χ3v) is 5.65. The molecule has 0 fully saturated rings. The highest BCUT2D eigenvalue weighted by atomic mass is 35.5. The molecule has 2 aromatic carbocycles. The molecule has 1 amide bonds. The molecule has 2 aromatic rings. The Morgan fingerprint density at radius 2 is 1.88 bits per heavy atom. The zero-order valence-corrected chi connectivity index (χ0v) is 21.4. The number of hydrogen-bond acceptors (Lipinski definition) is 3. The van der Waals surface area contributed by atoms with Gasteiger partial charge in [0.25, 0.3) is 5.91 Å². The van der Waals surface area contributed by atoms with E-state index in [1.54, 1.807) is 26.1 Å². The molecule has 0 N–H and O–H groups in total. The van der Waals surface area contributed by atoms with Gasteiger partial charge in [-0.25, -0.2) is 4.39 Å². The second-order valence-electron chi connectivity index (χ2n) is 7.12. The predicted molar refractivity (Wildman–Crippen MR) is 137 cm³/mol. The molecule has 0 aliphatic carbocycles. The highest BCUT2D eigenvalue weighted by molar-refractivity contribution is 7.16. The fourth-order valence-electron chi connectivity index (χ4n) is 3.00. The molecule has 0 saturated carbocycles. The molecule has 0 saturated heterocycles. The van der Waals surface area contributed by atoms with Crippen LogP contribution < -0.4 is 9.64 Å². The Balaban J connectivity index is 0.00000161. The maximum atomic E-state index is 13.4. The first-order chi connectivity index (χ1) is 15.2. The predicted octanol–water partition coefficient (Wildman–Crippen LogP) is 6.13. The van der Waals surface area contributed by atoms with Crippen LogP contribution in [0, 0.1) is 19.3 Å². The molecule has 0 aromatic heterocycles. The largest absolute Gasteiger partial charge is 0.492 e. The van der Waals surface area contributed by atoms with Crippen LogP contribution in [0.15, 0.2) is 36.4 Å². The number of hydrogen-bond donors (Lipinski definition) is 0. The Morgan fingerprint density at radius 1 is 1.25 bits per heavy atom. The number of anilines is 1. The summed E-state index contributed by atoms with van der Waals surface area (Å²) in [7, 11) is 3.76. The Labute approximate surface area is 199 Å². The summed E-state index contributed by atoms with van der Waals surface area (Å²) in [5.74, 6) is 1.58. The zero-order valence-electron chi connectivity index (χ0n) is 19.5. The van der Waals surface area contributed by atoms with Gasteiger partial charge in [0.1, 0.15) is 18.3 Å². The van der Waals surface area contributed by atoms with Gasteiger partial charge in [-0.05, 0) is 68.4 Å². The number of ether oxygens (including phenoxy) is 1. The number of alkyl halides is 1. The lowest BCUT2D eigenvalue weighted by Gasteiger charge is -2.21. The van der Waals surface area contributed by atoms with Crippen molar-refractivity contribution in [1.82, 2.24) is 4.90 Å². The minimum absolute atomic E-state index is 0.234. The third kappa shape index (κ3) is 8.10. The molecule has 2 atom stereocenters. The van der Waals surface area contributed by atoms with Crippen LogP contribution >= 0.6 is 20.8 Å². The Kier molecular flexibility index (Phi) is 12.3. The lowest BCUT2D eigenvalue weighted by atomic mass is 10.1. The number of aryl methyl sites for hydroxylation is 1. The Morgan fingerprint density at radius 3 is 2.38 bits per heavy atom. The van der Waals surface area contributed by atoms with Crippen LogP contribution in [0.1, 0.15) is 48.2 Å². The summed E-state index contributed by atoms with van der Waals surface area (Å²) in [6.45, 7) is 11.4. The first kappa shape index (κ1) is 27.9. The maximum Gasteiger partial charge on any atom is 0.259 e. The van der Waals surface area contributed by atoms with E-state index in [1.807, 2.05) is 25.1 Å². The van der Waals surface area contributed by atoms with Crippen LogP contribution in [0.3, 0.4) is 0 Å². The molecule has 2 unspecified atom stereocenters. The van der Waals surface area contributed by atoms with Crippen LogP contribution in [0.4, 0.5) is 10.1 Å². The van der Waals surface area contributed by atoms with Gasteiger partial charge in [0.15, 0.2) is 0 Å². The van der Waals surface area contributed by atoms with Crippen molar-refractivity contribution >= 4 is 32.4 Å². The van der Waals surface area contributed by atoms with Crippen molar-refractivity contribution in [1.29, 1.82) is 0 Å². The van der Waals surface area contributed by atoms with Crippen molar-refractivity contribution in [2.45, 2.75) is 33.6 Å². The second-order valence-corrected chi connectivity index (χ2v) is 8.11. The molecule has 4 nitrogen and oxygen atoms in total. The lowest BCUT2D eigenvalue weighted by molar-refractivity contribution is 0.0993. The van der Waals surface area contributed by atoms with Gasteiger partial charge in [0.2, 0.25) is 0 Å². The van der Waals surface area contributed by atoms with Crippen LogP contribution in [0.2, 0.25) is 5.02 Å². The molecule has 0 radical (unpaired) electrons. The minimum atomic E-state index is -1.22. The van der Waals surface area contributed by atoms with Gasteiger partial charge >= 0.3 is 0 Å². The summed E-state index contributed by atoms with van der Waals surface area (Å²) in [6.07, 6.45) is 4.60. The van der Waals surface area contributed by atoms with Crippen molar-refractivity contribution < 1.29 is 13.9 Å². The van der Waals surface area contributed by atoms with Crippen molar-refractivity contribution in [2.75, 3.05) is 38.2 Å². The standard InChI is InChI=1S/C22H29ClFN2O2P.C3H4/c1-5-26(6-2)11-12-28-20-10-8-17(13-15(20)3)25(4)22(27)18-9-7-16(21(24)29)14-19(18)23;1-3-2/h7-10,13-14,21H,5-6,11-12,29H2,1-4H3;1H,2H3. The lowest BCUT2D eigenvalue weighted by Crippen LogP contribution is -2.28. The van der Waals surface area contributed by atoms with Crippen molar-refractivity contribution in [3.63, 3.8) is 0 Å². The van der Waals surface area contributed by atoms with Crippen LogP contribution in [-0.2, 0) is 0 Å². The molecule has 32 heavy (non-hydrogen) atoms. The summed E-state index contributed by atoms with van der Waals surface area (Å²) < 4.78 is 19.3. The summed E-state index contributed by atoms with van der Waals surface area (Å²) >= 11 is 6.22. The number of rotatable bonds is 9. The van der Waals surface area contributed by atoms with Crippen molar-refractivity contribution in [3.8, 4) is 18.1 Å². The summed E-state index contributed by atoms with van der Waals surface area (Å²) in [5.41, 5.74) is 2.44. The average Bonchev–Trinajstić information content (AvgIpc) is 2.77. The van der Waals surface area contributed by atoms with Crippen LogP contribution in [0.5, 0.6) is 5.75 Å². The number of benzene rings is 2. The first-order valence-corrected chi connectivity index (χ1v) is 11.5. The van der Waals surface area contributed by atoms with E-state index < -0.39 is 5.91 Å². The van der Waals surface area contributed by atoms with Gasteiger partial charge in [0, 0.05) is 19.3 Å². The fraction of sp³-hybridized carbons (Fsp3) is 0.400. The van der Waals surface area contributed by atoms with Gasteiger partial charge in [-0.2, -0.15) is 0 Å². The topological polar surface area (TPSA) is 32.8 Å². The maximum absolute atomic E-state index is 13.4. The summed E-state index contributed by atoms with van der Waals surface area (Å²) in [6, 6.07) is 10.3. The third-order valence-electron chi connectivity index (χ3n) is 4.95. The Bertz CT molecular complexity index is 927. The van der Waals surface area contributed by atoms with Gasteiger partial charge in [-0.3, -0.25) is 4.79 Å². The zero-order chi connectivity index (χ0) is 24.3. The van der Waals surface area contributed by atoms with E-state index in [2.05, 4.69) is 40.3 Å². The Hall–Kier alpha value is -2.12. The van der Waals surface area contributed by atoms with Crippen LogP contribution in [-0.4, -0.2) is 44.1 Å². The number of terminal acetylenes is 1. The monoisotopic (exact) mass is 478 g/mol. The van der Waals surface area contributed by atoms with Crippen molar-refractivity contribution in [3.05, 3.63) is 58.1 Å². The average molecular weight is 479 g/mol. The van der Waals surface area contributed by atoms with Gasteiger partial charge < -0.3 is 14.5 Å². The number of halogens is 2. The minimum Gasteiger partial charge on any atom is -0.492 e. The first-order valence-electron chi connectivity index (χ1n) is 10.5. The molecule has 2 rings (SSSR count). The van der Waals surface area contributed by atoms with Gasteiger partial charge in [-0.15, -0.1) is 12.3 Å². The normalized spacial score (nSPS) is 11.2. The molecular weight excluding hydrogens is 446 g/mol. The van der Waals surface area contributed by atoms with Crippen LogP contribution in [0.25, 0.3) is 0 Å². The van der Waals surface area contributed by atoms with Gasteiger partial charge in [0.05, 0.1) is 10.6 Å². The number of carbonyl (C=O) groups excluding carboxylic acids is 1. The smallest absolute Gasteiger partial charge is 0.259 e. The molecular formula is C25H33ClFN2O2P. The van der Waals surface area contributed by atoms with E-state index >= 15 is 0 Å². The SMILES string of the molecule is C#CC.CCN(CC)CCOc1ccc(N(C)C(=O)c2ccc(C(F)P)cc2Cl)cc1C. The second kappa shape index (κ2) is 14.1. The molecule has 0 heterocycles. The fourth-order valence-corrected chi connectivity index (χ4v) is 3.48. The molecule has 0 aliphatic heterocycles. The number of likely N-dealkylation sites (N-methyl/N-ethyl adjacent to an activating group) is 1. The number of carbonyl (C=O) groups is 1. The van der Waals surface area contributed by atoms with E-state index in [0.717, 1.165) is 36.6 Å². The van der Waals surface area contributed by atoms with E-state index in [0.29, 0.717) is 17.7 Å². The van der Waals surface area contributed by atoms with E-state index in [1.165, 1.54) is 11.0 Å². The van der Waals surface area contributed by atoms with E-state index in [4.69, 9.17) is 16.3 Å². The summed E-state index contributed by atoms with van der Waals surface area (Å²) in [4.78, 5) is 16.7. The molecule has 0 spiro atoms. The van der Waals surface area contributed by atoms with E-state index in [-0.39, 0.29) is 10.9 Å². The highest BCUT2D eigenvalue weighted by Crippen LogP contribution is 2.30. The number of nitrogens with zero attached hydrogens (tertiary/aromatic N) is 2. The molecule has 0 bridgehead atoms. The quantitative estimate of drug-likeness (QED) is 0.321. The van der Waals surface area contributed by atoms with Crippen molar-refractivity contribution in [2.24, 2.45) is 0 Å². The molecule has 174 valence electrons. The number of amides is 1. The molecule has 0 aliphatic rings. The summed E-state index contributed by atoms with van der Waals surface area (Å²) in [5, 5.41) is 0.234.